The van der Waals surface area contributed by atoms with Crippen LogP contribution in [0.25, 0.3) is 0 Å². The fourth-order valence-electron chi connectivity index (χ4n) is 1.63. The van der Waals surface area contributed by atoms with Crippen LogP contribution in [-0.4, -0.2) is 30.6 Å². The fourth-order valence-corrected chi connectivity index (χ4v) is 1.63. The third-order valence-corrected chi connectivity index (χ3v) is 2.99. The minimum absolute atomic E-state index is 0.0122. The summed E-state index contributed by atoms with van der Waals surface area (Å²) in [5, 5.41) is 14.6. The number of carbonyl (C=O) groups excluding carboxylic acids is 1. The molecular formula is C14H20N2O3. The maximum atomic E-state index is 11.0. The molecule has 1 aromatic rings. The SMILES string of the molecule is CNC(=O)CCNCc1ccc(C(C)C(=O)O)cc1. The number of carboxylic acids is 1. The number of hydrogen-bond donors (Lipinski definition) is 3. The minimum Gasteiger partial charge on any atom is -0.481 e. The van der Waals surface area contributed by atoms with Crippen molar-refractivity contribution in [2.75, 3.05) is 13.6 Å². The molecule has 0 saturated heterocycles. The third-order valence-electron chi connectivity index (χ3n) is 2.99. The van der Waals surface area contributed by atoms with Crippen molar-refractivity contribution in [1.29, 1.82) is 0 Å². The van der Waals surface area contributed by atoms with Crippen molar-refractivity contribution in [1.82, 2.24) is 10.6 Å². The Hall–Kier alpha value is -1.88. The van der Waals surface area contributed by atoms with Crippen LogP contribution in [0.4, 0.5) is 0 Å². The molecule has 0 fully saturated rings. The maximum absolute atomic E-state index is 11.0. The van der Waals surface area contributed by atoms with Crippen LogP contribution in [0.15, 0.2) is 24.3 Å². The van der Waals surface area contributed by atoms with E-state index >= 15 is 0 Å². The molecule has 0 aromatic heterocycles. The zero-order valence-corrected chi connectivity index (χ0v) is 11.3. The predicted molar refractivity (Wildman–Crippen MR) is 72.9 cm³/mol. The van der Waals surface area contributed by atoms with E-state index in [4.69, 9.17) is 5.11 Å². The Morgan fingerprint density at radius 3 is 2.42 bits per heavy atom. The number of nitrogens with one attached hydrogen (secondary N) is 2. The molecule has 0 aliphatic rings. The highest BCUT2D eigenvalue weighted by atomic mass is 16.4. The maximum Gasteiger partial charge on any atom is 0.310 e. The predicted octanol–water partition coefficient (Wildman–Crippen LogP) is 1.10. The summed E-state index contributed by atoms with van der Waals surface area (Å²) in [4.78, 5) is 21.8. The highest BCUT2D eigenvalue weighted by Gasteiger charge is 2.12. The van der Waals surface area contributed by atoms with E-state index in [1.54, 1.807) is 14.0 Å². The molecule has 0 saturated carbocycles. The molecule has 0 heterocycles. The first kappa shape index (κ1) is 15.2. The van der Waals surface area contributed by atoms with Gasteiger partial charge < -0.3 is 15.7 Å². The van der Waals surface area contributed by atoms with Gasteiger partial charge in [0.05, 0.1) is 5.92 Å². The van der Waals surface area contributed by atoms with Crippen molar-refractivity contribution in [3.8, 4) is 0 Å². The second-order valence-corrected chi connectivity index (χ2v) is 4.40. The van der Waals surface area contributed by atoms with E-state index in [2.05, 4.69) is 10.6 Å². The monoisotopic (exact) mass is 264 g/mol. The molecule has 1 amide bonds. The fraction of sp³-hybridized carbons (Fsp3) is 0.429. The summed E-state index contributed by atoms with van der Waals surface area (Å²) in [6.45, 7) is 2.95. The Morgan fingerprint density at radius 2 is 1.89 bits per heavy atom. The van der Waals surface area contributed by atoms with E-state index in [-0.39, 0.29) is 5.91 Å². The third kappa shape index (κ3) is 5.09. The van der Waals surface area contributed by atoms with Crippen molar-refractivity contribution in [3.05, 3.63) is 35.4 Å². The summed E-state index contributed by atoms with van der Waals surface area (Å²) < 4.78 is 0. The molecule has 0 aliphatic heterocycles. The van der Waals surface area contributed by atoms with Gasteiger partial charge in [0.15, 0.2) is 0 Å². The van der Waals surface area contributed by atoms with Crippen LogP contribution < -0.4 is 10.6 Å². The van der Waals surface area contributed by atoms with Gasteiger partial charge in [-0.25, -0.2) is 0 Å². The molecule has 1 unspecified atom stereocenters. The molecule has 19 heavy (non-hydrogen) atoms. The zero-order chi connectivity index (χ0) is 14.3. The van der Waals surface area contributed by atoms with Gasteiger partial charge in [-0.3, -0.25) is 9.59 Å². The molecule has 1 aromatic carbocycles. The normalized spacial score (nSPS) is 11.9. The summed E-state index contributed by atoms with van der Waals surface area (Å²) in [5.41, 5.74) is 1.86. The van der Waals surface area contributed by atoms with Crippen LogP contribution in [0.5, 0.6) is 0 Å². The lowest BCUT2D eigenvalue weighted by molar-refractivity contribution is -0.138. The lowest BCUT2D eigenvalue weighted by atomic mass is 10.0. The Bertz CT molecular complexity index is 429. The quantitative estimate of drug-likeness (QED) is 0.644. The molecule has 0 spiro atoms. The number of amides is 1. The van der Waals surface area contributed by atoms with Gasteiger partial charge in [0.25, 0.3) is 0 Å². The summed E-state index contributed by atoms with van der Waals surface area (Å²) in [6.07, 6.45) is 0.449. The minimum atomic E-state index is -0.823. The highest BCUT2D eigenvalue weighted by Crippen LogP contribution is 2.15. The van der Waals surface area contributed by atoms with E-state index in [0.717, 1.165) is 11.1 Å². The molecular weight excluding hydrogens is 244 g/mol. The lowest BCUT2D eigenvalue weighted by Crippen LogP contribution is -2.24. The molecule has 0 aliphatic carbocycles. The number of carbonyl (C=O) groups is 2. The molecule has 5 nitrogen and oxygen atoms in total. The van der Waals surface area contributed by atoms with Crippen molar-refractivity contribution in [3.63, 3.8) is 0 Å². The van der Waals surface area contributed by atoms with Gasteiger partial charge in [-0.1, -0.05) is 24.3 Å². The number of aliphatic carboxylic acids is 1. The van der Waals surface area contributed by atoms with Crippen LogP contribution in [0.2, 0.25) is 0 Å². The van der Waals surface area contributed by atoms with Crippen LogP contribution >= 0.6 is 0 Å². The van der Waals surface area contributed by atoms with Crippen LogP contribution in [0.1, 0.15) is 30.4 Å². The molecule has 5 heteroatoms. The highest BCUT2D eigenvalue weighted by molar-refractivity contribution is 5.76. The van der Waals surface area contributed by atoms with Gasteiger partial charge in [0.1, 0.15) is 0 Å². The molecule has 1 atom stereocenters. The molecule has 104 valence electrons. The van der Waals surface area contributed by atoms with Gasteiger partial charge in [0.2, 0.25) is 5.91 Å². The largest absolute Gasteiger partial charge is 0.481 e. The first-order valence-corrected chi connectivity index (χ1v) is 6.27. The van der Waals surface area contributed by atoms with Crippen molar-refractivity contribution >= 4 is 11.9 Å². The first-order valence-electron chi connectivity index (χ1n) is 6.27. The number of carboxylic acid groups (broad SMARTS) is 1. The Kier molecular flexibility index (Phi) is 6.02. The first-order chi connectivity index (χ1) is 9.04. The van der Waals surface area contributed by atoms with Gasteiger partial charge in [-0.2, -0.15) is 0 Å². The number of hydrogen-bond acceptors (Lipinski definition) is 3. The van der Waals surface area contributed by atoms with Crippen LogP contribution in [-0.2, 0) is 16.1 Å². The lowest BCUT2D eigenvalue weighted by Gasteiger charge is -2.08. The number of rotatable bonds is 7. The van der Waals surface area contributed by atoms with Crippen molar-refractivity contribution in [2.45, 2.75) is 25.8 Å². The molecule has 0 bridgehead atoms. The molecule has 1 rings (SSSR count). The average Bonchev–Trinajstić information content (AvgIpc) is 2.43. The van der Waals surface area contributed by atoms with Gasteiger partial charge in [-0.15, -0.1) is 0 Å². The van der Waals surface area contributed by atoms with Crippen molar-refractivity contribution in [2.24, 2.45) is 0 Å². The Balaban J connectivity index is 2.40. The zero-order valence-electron chi connectivity index (χ0n) is 11.3. The van der Waals surface area contributed by atoms with E-state index in [0.29, 0.717) is 19.5 Å². The van der Waals surface area contributed by atoms with E-state index < -0.39 is 11.9 Å². The second kappa shape index (κ2) is 7.53. The van der Waals surface area contributed by atoms with E-state index in [1.165, 1.54) is 0 Å². The van der Waals surface area contributed by atoms with Crippen LogP contribution in [0, 0.1) is 0 Å². The van der Waals surface area contributed by atoms with Crippen LogP contribution in [0.3, 0.4) is 0 Å². The molecule has 3 N–H and O–H groups in total. The van der Waals surface area contributed by atoms with Gasteiger partial charge in [-0.05, 0) is 18.1 Å². The summed E-state index contributed by atoms with van der Waals surface area (Å²) in [7, 11) is 1.62. The summed E-state index contributed by atoms with van der Waals surface area (Å²) >= 11 is 0. The molecule has 0 radical (unpaired) electrons. The second-order valence-electron chi connectivity index (χ2n) is 4.40. The smallest absolute Gasteiger partial charge is 0.310 e. The summed E-state index contributed by atoms with van der Waals surface area (Å²) in [5.74, 6) is -1.30. The Morgan fingerprint density at radius 1 is 1.26 bits per heavy atom. The average molecular weight is 264 g/mol. The van der Waals surface area contributed by atoms with E-state index in [9.17, 15) is 9.59 Å². The topological polar surface area (TPSA) is 78.4 Å². The summed E-state index contributed by atoms with van der Waals surface area (Å²) in [6, 6.07) is 7.46. The van der Waals surface area contributed by atoms with Gasteiger partial charge in [0, 0.05) is 26.6 Å². The Labute approximate surface area is 113 Å². The standard InChI is InChI=1S/C14H20N2O3/c1-10(14(18)19)12-5-3-11(4-6-12)9-16-8-7-13(17)15-2/h3-6,10,16H,7-9H2,1-2H3,(H,15,17)(H,18,19). The van der Waals surface area contributed by atoms with Gasteiger partial charge >= 0.3 is 5.97 Å². The van der Waals surface area contributed by atoms with E-state index in [1.807, 2.05) is 24.3 Å². The van der Waals surface area contributed by atoms with Crippen molar-refractivity contribution < 1.29 is 14.7 Å². The number of benzene rings is 1.